The number of amides is 1. The van der Waals surface area contributed by atoms with Gasteiger partial charge in [-0.2, -0.15) is 0 Å². The maximum atomic E-state index is 12.9. The van der Waals surface area contributed by atoms with Crippen LogP contribution in [0, 0.1) is 6.92 Å². The monoisotopic (exact) mass is 404 g/mol. The lowest BCUT2D eigenvalue weighted by molar-refractivity contribution is -0.148. The predicted octanol–water partition coefficient (Wildman–Crippen LogP) is 2.08. The summed E-state index contributed by atoms with van der Waals surface area (Å²) in [5, 5.41) is 2.51. The fourth-order valence-corrected chi connectivity index (χ4v) is 3.91. The molecule has 150 valence electrons. The summed E-state index contributed by atoms with van der Waals surface area (Å²) in [5.74, 6) is -1.20. The molecule has 0 bridgehead atoms. The average molecular weight is 404 g/mol. The lowest BCUT2D eigenvalue weighted by Crippen LogP contribution is -2.50. The summed E-state index contributed by atoms with van der Waals surface area (Å²) in [4.78, 5) is 24.2. The molecule has 0 aliphatic rings. The van der Waals surface area contributed by atoms with Crippen LogP contribution in [0.4, 0.5) is 0 Å². The summed E-state index contributed by atoms with van der Waals surface area (Å²) in [7, 11) is -3.96. The van der Waals surface area contributed by atoms with E-state index in [1.807, 2.05) is 6.92 Å². The summed E-state index contributed by atoms with van der Waals surface area (Å²) in [6.07, 6.45) is 0. The van der Waals surface area contributed by atoms with Crippen LogP contribution in [0.2, 0.25) is 0 Å². The van der Waals surface area contributed by atoms with Crippen molar-refractivity contribution in [3.8, 4) is 0 Å². The van der Waals surface area contributed by atoms with Crippen LogP contribution in [0.1, 0.15) is 31.0 Å². The highest BCUT2D eigenvalue weighted by atomic mass is 32.2. The quantitative estimate of drug-likeness (QED) is 0.656. The highest BCUT2D eigenvalue weighted by molar-refractivity contribution is 7.89. The molecule has 8 heteroatoms. The molecule has 2 aromatic carbocycles. The van der Waals surface area contributed by atoms with Crippen molar-refractivity contribution in [3.63, 3.8) is 0 Å². The van der Waals surface area contributed by atoms with Gasteiger partial charge in [-0.1, -0.05) is 48.0 Å². The van der Waals surface area contributed by atoms with Crippen LogP contribution in [0.25, 0.3) is 0 Å². The molecule has 0 saturated heterocycles. The van der Waals surface area contributed by atoms with Gasteiger partial charge < -0.3 is 10.1 Å². The first kappa shape index (κ1) is 21.6. The third-order valence-corrected chi connectivity index (χ3v) is 5.46. The first-order valence-corrected chi connectivity index (χ1v) is 10.3. The molecule has 0 saturated carbocycles. The second-order valence-electron chi connectivity index (χ2n) is 6.25. The van der Waals surface area contributed by atoms with E-state index >= 15 is 0 Å². The fourth-order valence-electron chi connectivity index (χ4n) is 2.67. The van der Waals surface area contributed by atoms with Crippen molar-refractivity contribution in [3.05, 3.63) is 65.7 Å². The highest BCUT2D eigenvalue weighted by Crippen LogP contribution is 2.22. The number of sulfonamides is 1. The number of rotatable bonds is 8. The Morgan fingerprint density at radius 1 is 1.04 bits per heavy atom. The normalized spacial score (nSPS) is 13.4. The van der Waals surface area contributed by atoms with Gasteiger partial charge in [0.1, 0.15) is 6.04 Å². The zero-order chi connectivity index (χ0) is 20.7. The third kappa shape index (κ3) is 5.64. The van der Waals surface area contributed by atoms with Gasteiger partial charge in [0.2, 0.25) is 15.9 Å². The number of hydrogen-bond donors (Lipinski definition) is 2. The van der Waals surface area contributed by atoms with Gasteiger partial charge in [0.05, 0.1) is 17.5 Å². The van der Waals surface area contributed by atoms with Crippen LogP contribution in [0.3, 0.4) is 0 Å². The van der Waals surface area contributed by atoms with Gasteiger partial charge in [0.15, 0.2) is 0 Å². The van der Waals surface area contributed by atoms with E-state index in [0.717, 1.165) is 5.56 Å². The molecule has 1 amide bonds. The van der Waals surface area contributed by atoms with Gasteiger partial charge in [-0.15, -0.1) is 0 Å². The van der Waals surface area contributed by atoms with Crippen LogP contribution in [-0.2, 0) is 24.3 Å². The molecule has 2 aromatic rings. The number of ether oxygens (including phenoxy) is 1. The van der Waals surface area contributed by atoms with Gasteiger partial charge in [-0.25, -0.2) is 17.9 Å². The Kier molecular flexibility index (Phi) is 7.31. The van der Waals surface area contributed by atoms with Gasteiger partial charge in [-0.05, 0) is 31.5 Å². The Morgan fingerprint density at radius 2 is 1.64 bits per heavy atom. The van der Waals surface area contributed by atoms with Crippen molar-refractivity contribution in [2.45, 2.75) is 37.8 Å². The van der Waals surface area contributed by atoms with Crippen molar-refractivity contribution in [1.29, 1.82) is 0 Å². The molecule has 7 nitrogen and oxygen atoms in total. The second-order valence-corrected chi connectivity index (χ2v) is 7.97. The van der Waals surface area contributed by atoms with Crippen molar-refractivity contribution >= 4 is 21.9 Å². The standard InChI is InChI=1S/C20H24N2O5S/c1-4-27-20(24)19(21-15(3)23)18(16-8-6-5-7-9-16)22-28(25,26)17-12-10-14(2)11-13-17/h5-13,18-19,22H,4H2,1-3H3,(H,21,23)/t18-,19-/m1/s1. The molecule has 0 aliphatic carbocycles. The highest BCUT2D eigenvalue weighted by Gasteiger charge is 2.35. The van der Waals surface area contributed by atoms with E-state index in [2.05, 4.69) is 10.0 Å². The van der Waals surface area contributed by atoms with Crippen molar-refractivity contribution in [1.82, 2.24) is 10.0 Å². The Labute approximate surface area is 165 Å². The number of carbonyl (C=O) groups excluding carboxylic acids is 2. The summed E-state index contributed by atoms with van der Waals surface area (Å²) in [6, 6.07) is 12.6. The van der Waals surface area contributed by atoms with Crippen LogP contribution in [-0.4, -0.2) is 32.9 Å². The number of benzene rings is 2. The van der Waals surface area contributed by atoms with E-state index in [0.29, 0.717) is 5.56 Å². The molecule has 0 unspecified atom stereocenters. The topological polar surface area (TPSA) is 102 Å². The zero-order valence-electron chi connectivity index (χ0n) is 16.0. The second kappa shape index (κ2) is 9.48. The van der Waals surface area contributed by atoms with Crippen molar-refractivity contribution in [2.24, 2.45) is 0 Å². The maximum Gasteiger partial charge on any atom is 0.330 e. The van der Waals surface area contributed by atoms with Gasteiger partial charge in [0.25, 0.3) is 0 Å². The molecule has 0 aromatic heterocycles. The average Bonchev–Trinajstić information content (AvgIpc) is 2.65. The van der Waals surface area contributed by atoms with E-state index in [1.165, 1.54) is 19.1 Å². The van der Waals surface area contributed by atoms with Gasteiger partial charge in [0, 0.05) is 6.92 Å². The van der Waals surface area contributed by atoms with Crippen molar-refractivity contribution < 1.29 is 22.7 Å². The smallest absolute Gasteiger partial charge is 0.330 e. The number of nitrogens with one attached hydrogen (secondary N) is 2. The molecule has 0 radical (unpaired) electrons. The molecular weight excluding hydrogens is 380 g/mol. The summed E-state index contributed by atoms with van der Waals surface area (Å²) in [5.41, 5.74) is 1.44. The molecular formula is C20H24N2O5S. The Hall–Kier alpha value is -2.71. The first-order valence-electron chi connectivity index (χ1n) is 8.82. The predicted molar refractivity (Wildman–Crippen MR) is 105 cm³/mol. The Bertz CT molecular complexity index is 911. The minimum Gasteiger partial charge on any atom is -0.464 e. The van der Waals surface area contributed by atoms with Crippen LogP contribution < -0.4 is 10.0 Å². The molecule has 2 atom stereocenters. The van der Waals surface area contributed by atoms with Crippen LogP contribution in [0.15, 0.2) is 59.5 Å². The minimum absolute atomic E-state index is 0.0597. The zero-order valence-corrected chi connectivity index (χ0v) is 16.8. The molecule has 2 rings (SSSR count). The molecule has 28 heavy (non-hydrogen) atoms. The SMILES string of the molecule is CCOC(=O)[C@H](NC(C)=O)[C@H](NS(=O)(=O)c1ccc(C)cc1)c1ccccc1. The summed E-state index contributed by atoms with van der Waals surface area (Å²) in [6.45, 7) is 4.84. The molecule has 0 aliphatic heterocycles. The van der Waals surface area contributed by atoms with Gasteiger partial charge >= 0.3 is 5.97 Å². The molecule has 2 N–H and O–H groups in total. The number of carbonyl (C=O) groups is 2. The number of hydrogen-bond acceptors (Lipinski definition) is 5. The third-order valence-electron chi connectivity index (χ3n) is 4.00. The van der Waals surface area contributed by atoms with Crippen molar-refractivity contribution in [2.75, 3.05) is 6.61 Å². The van der Waals surface area contributed by atoms with E-state index in [4.69, 9.17) is 4.74 Å². The lowest BCUT2D eigenvalue weighted by atomic mass is 10.00. The van der Waals surface area contributed by atoms with E-state index in [-0.39, 0.29) is 11.5 Å². The maximum absolute atomic E-state index is 12.9. The van der Waals surface area contributed by atoms with E-state index < -0.39 is 34.0 Å². The van der Waals surface area contributed by atoms with Gasteiger partial charge in [-0.3, -0.25) is 4.79 Å². The number of aryl methyl sites for hydroxylation is 1. The summed E-state index contributed by atoms with van der Waals surface area (Å²) >= 11 is 0. The molecule has 0 heterocycles. The van der Waals surface area contributed by atoms with E-state index in [9.17, 15) is 18.0 Å². The molecule has 0 fully saturated rings. The largest absolute Gasteiger partial charge is 0.464 e. The van der Waals surface area contributed by atoms with Crippen LogP contribution >= 0.6 is 0 Å². The Balaban J connectivity index is 2.47. The van der Waals surface area contributed by atoms with Crippen LogP contribution in [0.5, 0.6) is 0 Å². The minimum atomic E-state index is -3.96. The fraction of sp³-hybridized carbons (Fsp3) is 0.300. The number of esters is 1. The molecule has 0 spiro atoms. The first-order chi connectivity index (χ1) is 13.2. The van der Waals surface area contributed by atoms with E-state index in [1.54, 1.807) is 49.4 Å². The lowest BCUT2D eigenvalue weighted by Gasteiger charge is -2.27. The Morgan fingerprint density at radius 3 is 2.18 bits per heavy atom. The summed E-state index contributed by atoms with van der Waals surface area (Å²) < 4.78 is 33.4.